The Morgan fingerprint density at radius 1 is 1.33 bits per heavy atom. The summed E-state index contributed by atoms with van der Waals surface area (Å²) in [6, 6.07) is 7.67. The van der Waals surface area contributed by atoms with Gasteiger partial charge in [-0.25, -0.2) is 0 Å². The molecule has 1 unspecified atom stereocenters. The SMILES string of the molecule is O=C1CC(CS)CN1c1ccc(S)cc1. The van der Waals surface area contributed by atoms with Gasteiger partial charge in [0.15, 0.2) is 0 Å². The number of rotatable bonds is 2. The number of hydrogen-bond acceptors (Lipinski definition) is 3. The summed E-state index contributed by atoms with van der Waals surface area (Å²) in [5.74, 6) is 1.35. The molecular weight excluding hydrogens is 226 g/mol. The third kappa shape index (κ3) is 2.32. The summed E-state index contributed by atoms with van der Waals surface area (Å²) in [4.78, 5) is 14.4. The van der Waals surface area contributed by atoms with Gasteiger partial charge in [-0.3, -0.25) is 4.79 Å². The molecule has 1 aliphatic heterocycles. The Morgan fingerprint density at radius 3 is 2.53 bits per heavy atom. The minimum atomic E-state index is 0.195. The summed E-state index contributed by atoms with van der Waals surface area (Å²) in [7, 11) is 0. The number of carbonyl (C=O) groups excluding carboxylic acids is 1. The first-order valence-electron chi connectivity index (χ1n) is 4.91. The summed E-state index contributed by atoms with van der Waals surface area (Å²) < 4.78 is 0. The number of carbonyl (C=O) groups is 1. The van der Waals surface area contributed by atoms with E-state index < -0.39 is 0 Å². The molecule has 1 saturated heterocycles. The van der Waals surface area contributed by atoms with Crippen molar-refractivity contribution in [1.29, 1.82) is 0 Å². The Morgan fingerprint density at radius 2 is 2.00 bits per heavy atom. The van der Waals surface area contributed by atoms with Crippen molar-refractivity contribution in [2.24, 2.45) is 5.92 Å². The smallest absolute Gasteiger partial charge is 0.227 e. The maximum Gasteiger partial charge on any atom is 0.227 e. The lowest BCUT2D eigenvalue weighted by Gasteiger charge is -2.16. The largest absolute Gasteiger partial charge is 0.312 e. The molecule has 4 heteroatoms. The first-order chi connectivity index (χ1) is 7.20. The fourth-order valence-corrected chi connectivity index (χ4v) is 2.18. The van der Waals surface area contributed by atoms with Crippen LogP contribution >= 0.6 is 25.3 Å². The van der Waals surface area contributed by atoms with Gasteiger partial charge in [-0.05, 0) is 35.9 Å². The number of benzene rings is 1. The number of thiol groups is 2. The van der Waals surface area contributed by atoms with Gasteiger partial charge in [-0.2, -0.15) is 12.6 Å². The van der Waals surface area contributed by atoms with Crippen molar-refractivity contribution in [3.63, 3.8) is 0 Å². The predicted octanol–water partition coefficient (Wildman–Crippen LogP) is 2.26. The molecule has 0 bridgehead atoms. The van der Waals surface area contributed by atoms with Crippen molar-refractivity contribution in [1.82, 2.24) is 0 Å². The second kappa shape index (κ2) is 4.49. The Bertz CT molecular complexity index is 363. The van der Waals surface area contributed by atoms with E-state index in [4.69, 9.17) is 0 Å². The van der Waals surface area contributed by atoms with E-state index in [0.717, 1.165) is 22.9 Å². The Labute approximate surface area is 100 Å². The lowest BCUT2D eigenvalue weighted by atomic mass is 10.1. The van der Waals surface area contributed by atoms with Crippen molar-refractivity contribution >= 4 is 36.9 Å². The normalized spacial score (nSPS) is 21.1. The maximum atomic E-state index is 11.7. The molecule has 2 rings (SSSR count). The quantitative estimate of drug-likeness (QED) is 0.759. The van der Waals surface area contributed by atoms with E-state index in [1.807, 2.05) is 29.2 Å². The number of anilines is 1. The van der Waals surface area contributed by atoms with E-state index in [2.05, 4.69) is 25.3 Å². The van der Waals surface area contributed by atoms with Crippen molar-refractivity contribution in [2.45, 2.75) is 11.3 Å². The second-order valence-electron chi connectivity index (χ2n) is 3.77. The van der Waals surface area contributed by atoms with Crippen LogP contribution in [0.3, 0.4) is 0 Å². The molecule has 15 heavy (non-hydrogen) atoms. The topological polar surface area (TPSA) is 20.3 Å². The molecule has 1 fully saturated rings. The standard InChI is InChI=1S/C11H13NOS2/c13-11-5-8(7-14)6-12(11)9-1-3-10(15)4-2-9/h1-4,8,14-15H,5-7H2. The van der Waals surface area contributed by atoms with Crippen LogP contribution in [0.25, 0.3) is 0 Å². The van der Waals surface area contributed by atoms with Crippen LogP contribution in [0.1, 0.15) is 6.42 Å². The van der Waals surface area contributed by atoms with Gasteiger partial charge in [0.1, 0.15) is 0 Å². The fourth-order valence-electron chi connectivity index (χ4n) is 1.79. The molecule has 0 aliphatic carbocycles. The number of nitrogens with zero attached hydrogens (tertiary/aromatic N) is 1. The summed E-state index contributed by atoms with van der Waals surface area (Å²) in [6.07, 6.45) is 0.617. The molecule has 0 spiro atoms. The number of hydrogen-bond donors (Lipinski definition) is 2. The number of amides is 1. The van der Waals surface area contributed by atoms with Crippen molar-refractivity contribution < 1.29 is 4.79 Å². The second-order valence-corrected chi connectivity index (χ2v) is 4.66. The summed E-state index contributed by atoms with van der Waals surface area (Å²) in [6.45, 7) is 0.786. The molecule has 0 aromatic heterocycles. The summed E-state index contributed by atoms with van der Waals surface area (Å²) in [5, 5.41) is 0. The van der Waals surface area contributed by atoms with Gasteiger partial charge in [-0.15, -0.1) is 12.6 Å². The van der Waals surface area contributed by atoms with Crippen molar-refractivity contribution in [2.75, 3.05) is 17.2 Å². The van der Waals surface area contributed by atoms with Crippen molar-refractivity contribution in [3.05, 3.63) is 24.3 Å². The maximum absolute atomic E-state index is 11.7. The van der Waals surface area contributed by atoms with Gasteiger partial charge < -0.3 is 4.90 Å². The van der Waals surface area contributed by atoms with Gasteiger partial charge in [-0.1, -0.05) is 0 Å². The molecule has 1 amide bonds. The van der Waals surface area contributed by atoms with Crippen LogP contribution in [-0.2, 0) is 4.79 Å². The molecule has 1 heterocycles. The monoisotopic (exact) mass is 239 g/mol. The van der Waals surface area contributed by atoms with Crippen LogP contribution in [-0.4, -0.2) is 18.2 Å². The van der Waals surface area contributed by atoms with Crippen LogP contribution in [0.5, 0.6) is 0 Å². The molecular formula is C11H13NOS2. The highest BCUT2D eigenvalue weighted by molar-refractivity contribution is 7.80. The Hall–Kier alpha value is -0.610. The lowest BCUT2D eigenvalue weighted by Crippen LogP contribution is -2.24. The minimum absolute atomic E-state index is 0.195. The third-order valence-corrected chi connectivity index (χ3v) is 3.44. The molecule has 1 aromatic carbocycles. The molecule has 0 radical (unpaired) electrons. The molecule has 1 aromatic rings. The molecule has 80 valence electrons. The van der Waals surface area contributed by atoms with E-state index in [1.54, 1.807) is 0 Å². The summed E-state index contributed by atoms with van der Waals surface area (Å²) >= 11 is 8.45. The highest BCUT2D eigenvalue weighted by atomic mass is 32.1. The minimum Gasteiger partial charge on any atom is -0.312 e. The zero-order valence-electron chi connectivity index (χ0n) is 8.26. The van der Waals surface area contributed by atoms with E-state index in [1.165, 1.54) is 0 Å². The first kappa shape index (κ1) is 10.9. The first-order valence-corrected chi connectivity index (χ1v) is 5.99. The van der Waals surface area contributed by atoms with E-state index >= 15 is 0 Å². The van der Waals surface area contributed by atoms with Crippen LogP contribution in [0.4, 0.5) is 5.69 Å². The average molecular weight is 239 g/mol. The zero-order chi connectivity index (χ0) is 10.8. The zero-order valence-corrected chi connectivity index (χ0v) is 10.0. The Kier molecular flexibility index (Phi) is 3.26. The van der Waals surface area contributed by atoms with Gasteiger partial charge in [0, 0.05) is 23.5 Å². The lowest BCUT2D eigenvalue weighted by molar-refractivity contribution is -0.117. The van der Waals surface area contributed by atoms with E-state index in [9.17, 15) is 4.79 Å². The predicted molar refractivity (Wildman–Crippen MR) is 68.0 cm³/mol. The average Bonchev–Trinajstić information content (AvgIpc) is 2.61. The molecule has 1 atom stereocenters. The van der Waals surface area contributed by atoms with Gasteiger partial charge in [0.2, 0.25) is 5.91 Å². The fraction of sp³-hybridized carbons (Fsp3) is 0.364. The molecule has 2 nitrogen and oxygen atoms in total. The third-order valence-electron chi connectivity index (χ3n) is 2.62. The van der Waals surface area contributed by atoms with Crippen molar-refractivity contribution in [3.8, 4) is 0 Å². The highest BCUT2D eigenvalue weighted by Gasteiger charge is 2.29. The molecule has 0 N–H and O–H groups in total. The molecule has 0 saturated carbocycles. The van der Waals surface area contributed by atoms with Crippen LogP contribution in [0.2, 0.25) is 0 Å². The van der Waals surface area contributed by atoms with Gasteiger partial charge in [0.05, 0.1) is 0 Å². The van der Waals surface area contributed by atoms with Gasteiger partial charge >= 0.3 is 0 Å². The molecule has 1 aliphatic rings. The van der Waals surface area contributed by atoms with Crippen LogP contribution in [0, 0.1) is 5.92 Å². The van der Waals surface area contributed by atoms with E-state index in [0.29, 0.717) is 12.3 Å². The summed E-state index contributed by atoms with van der Waals surface area (Å²) in [5.41, 5.74) is 0.960. The Balaban J connectivity index is 2.18. The van der Waals surface area contributed by atoms with Crippen LogP contribution in [0.15, 0.2) is 29.2 Å². The van der Waals surface area contributed by atoms with Crippen LogP contribution < -0.4 is 4.90 Å². The van der Waals surface area contributed by atoms with E-state index in [-0.39, 0.29) is 5.91 Å². The van der Waals surface area contributed by atoms with Gasteiger partial charge in [0.25, 0.3) is 0 Å². The highest BCUT2D eigenvalue weighted by Crippen LogP contribution is 2.26.